The van der Waals surface area contributed by atoms with Gasteiger partial charge < -0.3 is 0 Å². The van der Waals surface area contributed by atoms with Crippen molar-refractivity contribution in [1.82, 2.24) is 0 Å². The normalized spacial score (nSPS) is 13.1. The fraction of sp³-hybridized carbons (Fsp3) is 0.188. The van der Waals surface area contributed by atoms with E-state index in [-0.39, 0.29) is 5.41 Å². The lowest BCUT2D eigenvalue weighted by atomic mass is 9.69. The van der Waals surface area contributed by atoms with Crippen molar-refractivity contribution in [2.24, 2.45) is 14.1 Å². The third-order valence-electron chi connectivity index (χ3n) is 7.48. The number of hydrogen-bond donors (Lipinski definition) is 0. The first-order valence-corrected chi connectivity index (χ1v) is 11.9. The topological polar surface area (TPSA) is 7.76 Å². The van der Waals surface area contributed by atoms with E-state index in [1.54, 1.807) is 0 Å². The van der Waals surface area contributed by atoms with Crippen LogP contribution in [0.4, 0.5) is 0 Å². The van der Waals surface area contributed by atoms with E-state index in [0.717, 1.165) is 0 Å². The molecule has 0 amide bonds. The van der Waals surface area contributed by atoms with Gasteiger partial charge in [-0.1, -0.05) is 54.6 Å². The maximum Gasteiger partial charge on any atom is 0.213 e. The van der Waals surface area contributed by atoms with Crippen LogP contribution in [0.25, 0.3) is 22.2 Å². The Labute approximate surface area is 202 Å². The van der Waals surface area contributed by atoms with Gasteiger partial charge in [0.05, 0.1) is 0 Å². The highest BCUT2D eigenvalue weighted by Crippen LogP contribution is 2.42. The zero-order valence-electron chi connectivity index (χ0n) is 20.7. The Morgan fingerprint density at radius 1 is 0.647 bits per heavy atom. The summed E-state index contributed by atoms with van der Waals surface area (Å²) in [6.07, 6.45) is 2.15. The monoisotopic (exact) mass is 444 g/mol. The van der Waals surface area contributed by atoms with Crippen LogP contribution in [0.15, 0.2) is 103 Å². The fourth-order valence-corrected chi connectivity index (χ4v) is 5.67. The van der Waals surface area contributed by atoms with E-state index >= 15 is 0 Å². The summed E-state index contributed by atoms with van der Waals surface area (Å²) in [5.74, 6) is 0. The van der Waals surface area contributed by atoms with Gasteiger partial charge in [0.2, 0.25) is 11.2 Å². The van der Waals surface area contributed by atoms with Crippen LogP contribution >= 0.6 is 0 Å². The van der Waals surface area contributed by atoms with E-state index in [4.69, 9.17) is 0 Å². The number of rotatable bonds is 4. The highest BCUT2D eigenvalue weighted by Gasteiger charge is 2.40. The Kier molecular flexibility index (Phi) is 5.53. The minimum absolute atomic E-state index is 0.309. The van der Waals surface area contributed by atoms with Crippen molar-refractivity contribution in [3.63, 3.8) is 0 Å². The summed E-state index contributed by atoms with van der Waals surface area (Å²) in [6.45, 7) is 6.87. The SMILES string of the molecule is Cc1ccccc1C(C)(c1cccc(-c2ccc3ccccc3[n+]2C)c1C)c1cccc[n+]1C. The predicted octanol–water partition coefficient (Wildman–Crippen LogP) is 6.13. The molecule has 5 aromatic rings. The zero-order valence-corrected chi connectivity index (χ0v) is 20.7. The van der Waals surface area contributed by atoms with Gasteiger partial charge in [-0.15, -0.1) is 0 Å². The van der Waals surface area contributed by atoms with Crippen LogP contribution in [0.5, 0.6) is 0 Å². The number of para-hydroxylation sites is 1. The lowest BCUT2D eigenvalue weighted by molar-refractivity contribution is -0.681. The highest BCUT2D eigenvalue weighted by molar-refractivity contribution is 5.78. The lowest BCUT2D eigenvalue weighted by Crippen LogP contribution is -2.43. The van der Waals surface area contributed by atoms with Gasteiger partial charge in [-0.05, 0) is 61.2 Å². The first-order chi connectivity index (χ1) is 16.4. The number of aryl methyl sites for hydroxylation is 3. The van der Waals surface area contributed by atoms with Gasteiger partial charge in [0, 0.05) is 35.2 Å². The van der Waals surface area contributed by atoms with E-state index in [1.165, 1.54) is 50.1 Å². The van der Waals surface area contributed by atoms with Crippen LogP contribution in [0.3, 0.4) is 0 Å². The largest absolute Gasteiger partial charge is 0.213 e. The van der Waals surface area contributed by atoms with E-state index < -0.39 is 0 Å². The number of aromatic nitrogens is 2. The molecule has 168 valence electrons. The Hall–Kier alpha value is -3.78. The molecule has 1 atom stereocenters. The third kappa shape index (κ3) is 3.42. The van der Waals surface area contributed by atoms with Crippen LogP contribution in [0, 0.1) is 13.8 Å². The maximum absolute atomic E-state index is 2.37. The Bertz CT molecular complexity index is 1470. The molecular formula is C32H32N2+2. The molecule has 0 N–H and O–H groups in total. The number of nitrogens with zero attached hydrogens (tertiary/aromatic N) is 2. The summed E-state index contributed by atoms with van der Waals surface area (Å²) in [4.78, 5) is 0. The predicted molar refractivity (Wildman–Crippen MR) is 140 cm³/mol. The fourth-order valence-electron chi connectivity index (χ4n) is 5.67. The average molecular weight is 445 g/mol. The smallest absolute Gasteiger partial charge is 0.204 e. The van der Waals surface area contributed by atoms with Gasteiger partial charge in [0.15, 0.2) is 11.9 Å². The van der Waals surface area contributed by atoms with Crippen molar-refractivity contribution < 1.29 is 9.13 Å². The van der Waals surface area contributed by atoms with Crippen LogP contribution in [-0.4, -0.2) is 0 Å². The van der Waals surface area contributed by atoms with E-state index in [1.807, 2.05) is 0 Å². The second-order valence-electron chi connectivity index (χ2n) is 9.45. The molecule has 3 aromatic carbocycles. The first-order valence-electron chi connectivity index (χ1n) is 11.9. The van der Waals surface area contributed by atoms with Gasteiger partial charge in [0.25, 0.3) is 0 Å². The third-order valence-corrected chi connectivity index (χ3v) is 7.48. The molecular weight excluding hydrogens is 412 g/mol. The minimum atomic E-state index is -0.309. The standard InChI is InChI=1S/C32H32N2/c1-23-13-6-8-16-27(23)32(3,31-19-10-11-22-33(31)4)28-17-12-15-26(24(28)2)30-21-20-25-14-7-9-18-29(25)34(30)5/h6-22H,1-5H3/q+2. The molecule has 34 heavy (non-hydrogen) atoms. The number of pyridine rings is 2. The van der Waals surface area contributed by atoms with E-state index in [2.05, 4.69) is 147 Å². The van der Waals surface area contributed by atoms with E-state index in [9.17, 15) is 0 Å². The Morgan fingerprint density at radius 2 is 1.35 bits per heavy atom. The summed E-state index contributed by atoms with van der Waals surface area (Å²) in [5.41, 5.74) is 9.96. The van der Waals surface area contributed by atoms with Crippen molar-refractivity contribution in [3.05, 3.63) is 131 Å². The summed E-state index contributed by atoms with van der Waals surface area (Å²) >= 11 is 0. The molecule has 2 heterocycles. The molecule has 0 aliphatic rings. The molecule has 2 aromatic heterocycles. The van der Waals surface area contributed by atoms with Crippen LogP contribution in [0.2, 0.25) is 0 Å². The molecule has 2 nitrogen and oxygen atoms in total. The van der Waals surface area contributed by atoms with Crippen molar-refractivity contribution in [2.45, 2.75) is 26.2 Å². The lowest BCUT2D eigenvalue weighted by Gasteiger charge is -2.32. The van der Waals surface area contributed by atoms with Gasteiger partial charge in [-0.2, -0.15) is 4.57 Å². The zero-order chi connectivity index (χ0) is 23.9. The van der Waals surface area contributed by atoms with Crippen molar-refractivity contribution in [1.29, 1.82) is 0 Å². The number of benzene rings is 3. The number of hydrogen-bond acceptors (Lipinski definition) is 0. The van der Waals surface area contributed by atoms with Crippen molar-refractivity contribution in [3.8, 4) is 11.3 Å². The van der Waals surface area contributed by atoms with E-state index in [0.29, 0.717) is 0 Å². The molecule has 0 aliphatic carbocycles. The molecule has 0 bridgehead atoms. The molecule has 0 fully saturated rings. The average Bonchev–Trinajstić information content (AvgIpc) is 2.85. The molecule has 0 spiro atoms. The second-order valence-corrected chi connectivity index (χ2v) is 9.45. The maximum atomic E-state index is 2.37. The molecule has 0 aliphatic heterocycles. The van der Waals surface area contributed by atoms with Gasteiger partial charge in [-0.3, -0.25) is 0 Å². The van der Waals surface area contributed by atoms with Crippen molar-refractivity contribution >= 4 is 10.9 Å². The molecule has 0 saturated carbocycles. The molecule has 2 heteroatoms. The van der Waals surface area contributed by atoms with Gasteiger partial charge in [-0.25, -0.2) is 4.57 Å². The van der Waals surface area contributed by atoms with Gasteiger partial charge in [0.1, 0.15) is 19.5 Å². The summed E-state index contributed by atoms with van der Waals surface area (Å²) in [7, 11) is 4.32. The number of fused-ring (bicyclic) bond motifs is 1. The highest BCUT2D eigenvalue weighted by atomic mass is 14.9. The summed E-state index contributed by atoms with van der Waals surface area (Å²) < 4.78 is 4.57. The Morgan fingerprint density at radius 3 is 2.15 bits per heavy atom. The Balaban J connectivity index is 1.81. The molecule has 0 saturated heterocycles. The molecule has 0 radical (unpaired) electrons. The van der Waals surface area contributed by atoms with Crippen LogP contribution < -0.4 is 9.13 Å². The van der Waals surface area contributed by atoms with Crippen LogP contribution in [0.1, 0.15) is 34.9 Å². The molecule has 1 unspecified atom stereocenters. The quantitative estimate of drug-likeness (QED) is 0.295. The molecule has 5 rings (SSSR count). The van der Waals surface area contributed by atoms with Crippen molar-refractivity contribution in [2.75, 3.05) is 0 Å². The first kappa shape index (κ1) is 22.0. The second kappa shape index (κ2) is 8.53. The minimum Gasteiger partial charge on any atom is -0.204 e. The summed E-state index contributed by atoms with van der Waals surface area (Å²) in [5, 5.41) is 1.25. The summed E-state index contributed by atoms with van der Waals surface area (Å²) in [6, 6.07) is 35.1. The van der Waals surface area contributed by atoms with Crippen LogP contribution in [-0.2, 0) is 19.5 Å². The van der Waals surface area contributed by atoms with Gasteiger partial charge >= 0.3 is 0 Å².